The molecule has 0 amide bonds. The molecule has 17 heavy (non-hydrogen) atoms. The monoisotopic (exact) mass is 235 g/mol. The van der Waals surface area contributed by atoms with Crippen LogP contribution >= 0.6 is 0 Å². The lowest BCUT2D eigenvalue weighted by molar-refractivity contribution is 0.529. The van der Waals surface area contributed by atoms with Crippen molar-refractivity contribution in [2.45, 2.75) is 19.8 Å². The summed E-state index contributed by atoms with van der Waals surface area (Å²) >= 11 is 0. The van der Waals surface area contributed by atoms with Crippen LogP contribution in [-0.4, -0.2) is 38.1 Å². The molecule has 2 rings (SSSR count). The smallest absolute Gasteiger partial charge is 0.199 e. The lowest BCUT2D eigenvalue weighted by atomic mass is 10.1. The number of aromatic nitrogens is 5. The maximum Gasteiger partial charge on any atom is 0.199 e. The number of fused-ring (bicyclic) bond motifs is 1. The van der Waals surface area contributed by atoms with Gasteiger partial charge in [0.25, 0.3) is 0 Å². The Hall–Kier alpha value is -1.76. The number of tetrazole rings is 1. The van der Waals surface area contributed by atoms with Crippen molar-refractivity contribution in [1.82, 2.24) is 25.0 Å². The van der Waals surface area contributed by atoms with Gasteiger partial charge in [-0.15, -0.1) is 5.10 Å². The molecule has 0 fully saturated rings. The molecule has 0 saturated carbocycles. The first-order valence-corrected chi connectivity index (χ1v) is 5.77. The van der Waals surface area contributed by atoms with E-state index in [0.29, 0.717) is 11.6 Å². The molecule has 2 aromatic rings. The van der Waals surface area contributed by atoms with E-state index in [2.05, 4.69) is 32.7 Å². The van der Waals surface area contributed by atoms with Crippen LogP contribution in [0.25, 0.3) is 5.65 Å². The molecule has 0 aliphatic carbocycles. The Morgan fingerprint density at radius 1 is 1.47 bits per heavy atom. The Bertz CT molecular complexity index is 466. The fraction of sp³-hybridized carbons (Fsp3) is 0.600. The highest BCUT2D eigenvalue weighted by molar-refractivity contribution is 5.43. The molecule has 0 aromatic carbocycles. The standard InChI is InChI=1S/C10H17N7/c1-8(5-11)3-2-4-13-9-6-12-7-10-14-15-16-17(9)10/h6-8,13H,2-5,11H2,1H3. The van der Waals surface area contributed by atoms with Crippen molar-refractivity contribution in [2.75, 3.05) is 18.4 Å². The van der Waals surface area contributed by atoms with E-state index in [-0.39, 0.29) is 0 Å². The summed E-state index contributed by atoms with van der Waals surface area (Å²) in [4.78, 5) is 4.07. The van der Waals surface area contributed by atoms with Crippen LogP contribution in [0.5, 0.6) is 0 Å². The Kier molecular flexibility index (Phi) is 3.81. The third kappa shape index (κ3) is 2.88. The summed E-state index contributed by atoms with van der Waals surface area (Å²) in [6, 6.07) is 0. The first-order chi connectivity index (χ1) is 8.31. The third-order valence-electron chi connectivity index (χ3n) is 2.69. The highest BCUT2D eigenvalue weighted by atomic mass is 15.5. The van der Waals surface area contributed by atoms with Crippen molar-refractivity contribution in [1.29, 1.82) is 0 Å². The molecule has 0 spiro atoms. The zero-order valence-electron chi connectivity index (χ0n) is 9.87. The highest BCUT2D eigenvalue weighted by Crippen LogP contribution is 2.07. The average Bonchev–Trinajstić information content (AvgIpc) is 2.83. The van der Waals surface area contributed by atoms with Crippen LogP contribution in [0.2, 0.25) is 0 Å². The van der Waals surface area contributed by atoms with Crippen LogP contribution in [0.1, 0.15) is 19.8 Å². The van der Waals surface area contributed by atoms with Gasteiger partial charge in [-0.05, 0) is 35.7 Å². The van der Waals surface area contributed by atoms with Gasteiger partial charge in [-0.2, -0.15) is 4.52 Å². The maximum absolute atomic E-state index is 5.56. The van der Waals surface area contributed by atoms with Crippen LogP contribution in [0.4, 0.5) is 5.82 Å². The van der Waals surface area contributed by atoms with Crippen molar-refractivity contribution < 1.29 is 0 Å². The normalized spacial score (nSPS) is 12.8. The number of nitrogens with one attached hydrogen (secondary N) is 1. The van der Waals surface area contributed by atoms with Crippen LogP contribution in [0, 0.1) is 5.92 Å². The molecule has 1 unspecified atom stereocenters. The van der Waals surface area contributed by atoms with Gasteiger partial charge in [0, 0.05) is 6.54 Å². The minimum absolute atomic E-state index is 0.568. The van der Waals surface area contributed by atoms with Gasteiger partial charge in [0.1, 0.15) is 5.82 Å². The summed E-state index contributed by atoms with van der Waals surface area (Å²) in [5.41, 5.74) is 6.21. The Morgan fingerprint density at radius 3 is 3.18 bits per heavy atom. The second-order valence-corrected chi connectivity index (χ2v) is 4.15. The lowest BCUT2D eigenvalue weighted by Gasteiger charge is -2.09. The largest absolute Gasteiger partial charge is 0.369 e. The summed E-state index contributed by atoms with van der Waals surface area (Å²) in [5, 5.41) is 14.6. The van der Waals surface area contributed by atoms with E-state index in [0.717, 1.165) is 31.7 Å². The minimum atomic E-state index is 0.568. The Labute approximate surface area is 99.4 Å². The molecule has 2 aromatic heterocycles. The first kappa shape index (κ1) is 11.7. The lowest BCUT2D eigenvalue weighted by Crippen LogP contribution is -2.13. The highest BCUT2D eigenvalue weighted by Gasteiger charge is 2.03. The van der Waals surface area contributed by atoms with Gasteiger partial charge in [-0.25, -0.2) is 0 Å². The van der Waals surface area contributed by atoms with Gasteiger partial charge in [-0.1, -0.05) is 6.92 Å². The van der Waals surface area contributed by atoms with Gasteiger partial charge in [0.05, 0.1) is 12.4 Å². The number of anilines is 1. The van der Waals surface area contributed by atoms with E-state index in [1.54, 1.807) is 16.9 Å². The number of rotatable bonds is 6. The molecule has 3 N–H and O–H groups in total. The molecule has 7 nitrogen and oxygen atoms in total. The molecular formula is C10H17N7. The summed E-state index contributed by atoms with van der Waals surface area (Å²) in [6.07, 6.45) is 5.52. The van der Waals surface area contributed by atoms with Crippen molar-refractivity contribution >= 4 is 11.5 Å². The molecular weight excluding hydrogens is 218 g/mol. The molecule has 0 bridgehead atoms. The zero-order chi connectivity index (χ0) is 12.1. The molecule has 0 aliphatic rings. The van der Waals surface area contributed by atoms with Crippen molar-refractivity contribution in [2.24, 2.45) is 11.7 Å². The topological polar surface area (TPSA) is 94.0 Å². The Balaban J connectivity index is 1.88. The molecule has 0 aliphatic heterocycles. The summed E-state index contributed by atoms with van der Waals surface area (Å²) in [6.45, 7) is 3.76. The van der Waals surface area contributed by atoms with Crippen LogP contribution < -0.4 is 11.1 Å². The van der Waals surface area contributed by atoms with Gasteiger partial charge in [-0.3, -0.25) is 4.98 Å². The zero-order valence-corrected chi connectivity index (χ0v) is 9.87. The van der Waals surface area contributed by atoms with E-state index in [1.807, 2.05) is 0 Å². The van der Waals surface area contributed by atoms with Crippen molar-refractivity contribution in [3.05, 3.63) is 12.4 Å². The van der Waals surface area contributed by atoms with Crippen molar-refractivity contribution in [3.8, 4) is 0 Å². The summed E-state index contributed by atoms with van der Waals surface area (Å²) in [7, 11) is 0. The van der Waals surface area contributed by atoms with E-state index >= 15 is 0 Å². The predicted molar refractivity (Wildman–Crippen MR) is 64.5 cm³/mol. The summed E-state index contributed by atoms with van der Waals surface area (Å²) in [5.74, 6) is 1.38. The van der Waals surface area contributed by atoms with E-state index in [4.69, 9.17) is 5.73 Å². The van der Waals surface area contributed by atoms with E-state index < -0.39 is 0 Å². The molecule has 92 valence electrons. The molecule has 1 atom stereocenters. The van der Waals surface area contributed by atoms with Gasteiger partial charge >= 0.3 is 0 Å². The van der Waals surface area contributed by atoms with Crippen molar-refractivity contribution in [3.63, 3.8) is 0 Å². The average molecular weight is 235 g/mol. The number of nitrogens with two attached hydrogens (primary N) is 1. The molecule has 2 heterocycles. The molecule has 0 radical (unpaired) electrons. The van der Waals surface area contributed by atoms with Gasteiger partial charge in [0.2, 0.25) is 0 Å². The van der Waals surface area contributed by atoms with Crippen LogP contribution in [-0.2, 0) is 0 Å². The molecule has 0 saturated heterocycles. The number of nitrogens with zero attached hydrogens (tertiary/aromatic N) is 5. The first-order valence-electron chi connectivity index (χ1n) is 5.77. The second-order valence-electron chi connectivity index (χ2n) is 4.15. The number of hydrogen-bond donors (Lipinski definition) is 2. The van der Waals surface area contributed by atoms with E-state index in [9.17, 15) is 0 Å². The predicted octanol–water partition coefficient (Wildman–Crippen LogP) is 0.306. The second kappa shape index (κ2) is 5.53. The Morgan fingerprint density at radius 2 is 2.35 bits per heavy atom. The minimum Gasteiger partial charge on any atom is -0.369 e. The maximum atomic E-state index is 5.56. The third-order valence-corrected chi connectivity index (χ3v) is 2.69. The quantitative estimate of drug-likeness (QED) is 0.700. The fourth-order valence-electron chi connectivity index (χ4n) is 1.58. The SMILES string of the molecule is CC(CN)CCCNc1cncc2nnnn12. The van der Waals surface area contributed by atoms with Crippen LogP contribution in [0.15, 0.2) is 12.4 Å². The molecule has 7 heteroatoms. The van der Waals surface area contributed by atoms with E-state index in [1.165, 1.54) is 0 Å². The van der Waals surface area contributed by atoms with Gasteiger partial charge < -0.3 is 11.1 Å². The fourth-order valence-corrected chi connectivity index (χ4v) is 1.58. The number of hydrogen-bond acceptors (Lipinski definition) is 6. The summed E-state index contributed by atoms with van der Waals surface area (Å²) < 4.78 is 1.64. The van der Waals surface area contributed by atoms with Gasteiger partial charge in [0.15, 0.2) is 5.65 Å². The van der Waals surface area contributed by atoms with Crippen LogP contribution in [0.3, 0.4) is 0 Å².